The molecule has 1 N–H and O–H groups in total. The fourth-order valence-electron chi connectivity index (χ4n) is 5.81. The summed E-state index contributed by atoms with van der Waals surface area (Å²) in [5, 5.41) is 3.22. The molecule has 1 amide bonds. The Kier molecular flexibility index (Phi) is 7.60. The Morgan fingerprint density at radius 2 is 1.81 bits per heavy atom. The van der Waals surface area contributed by atoms with Crippen LogP contribution in [0.25, 0.3) is 10.9 Å². The highest BCUT2D eigenvalue weighted by Gasteiger charge is 2.36. The van der Waals surface area contributed by atoms with Crippen LogP contribution in [-0.2, 0) is 16.8 Å². The van der Waals surface area contributed by atoms with Gasteiger partial charge in [0.2, 0.25) is 5.43 Å². The number of carbonyl (C=O) groups is 1. The van der Waals surface area contributed by atoms with E-state index in [0.29, 0.717) is 38.4 Å². The fraction of sp³-hybridized carbons (Fsp3) is 0.467. The van der Waals surface area contributed by atoms with Crippen molar-refractivity contribution in [1.82, 2.24) is 9.88 Å². The van der Waals surface area contributed by atoms with E-state index in [1.54, 1.807) is 6.20 Å². The van der Waals surface area contributed by atoms with Gasteiger partial charge < -0.3 is 19.5 Å². The van der Waals surface area contributed by atoms with Crippen LogP contribution in [0.3, 0.4) is 0 Å². The molecule has 0 bridgehead atoms. The summed E-state index contributed by atoms with van der Waals surface area (Å²) < 4.78 is 22.9. The number of anilines is 1. The van der Waals surface area contributed by atoms with Gasteiger partial charge in [-0.2, -0.15) is 0 Å². The Hall–Kier alpha value is -3.19. The summed E-state index contributed by atoms with van der Waals surface area (Å²) in [4.78, 5) is 29.5. The van der Waals surface area contributed by atoms with Crippen LogP contribution in [0.2, 0.25) is 0 Å². The molecule has 1 aliphatic carbocycles. The van der Waals surface area contributed by atoms with Gasteiger partial charge in [-0.05, 0) is 37.0 Å². The minimum Gasteiger partial charge on any atom is -0.378 e. The first kappa shape index (κ1) is 25.5. The molecule has 2 fully saturated rings. The third-order valence-corrected chi connectivity index (χ3v) is 7.88. The van der Waals surface area contributed by atoms with Crippen LogP contribution in [0, 0.1) is 5.82 Å². The molecule has 1 saturated carbocycles. The van der Waals surface area contributed by atoms with E-state index in [2.05, 4.69) is 17.1 Å². The maximum atomic E-state index is 15.6. The molecule has 1 aromatic heterocycles. The molecule has 2 heterocycles. The number of aromatic nitrogens is 1. The number of nitrogens with one attached hydrogen (secondary N) is 1. The minimum absolute atomic E-state index is 0.00232. The molecule has 0 radical (unpaired) electrons. The van der Waals surface area contributed by atoms with Crippen molar-refractivity contribution in [2.24, 2.45) is 0 Å². The Morgan fingerprint density at radius 3 is 2.51 bits per heavy atom. The average Bonchev–Trinajstić information content (AvgIpc) is 2.94. The number of hydrogen-bond acceptors (Lipinski definition) is 4. The quantitative estimate of drug-likeness (QED) is 0.469. The average molecular weight is 506 g/mol. The number of carbonyl (C=O) groups excluding carboxylic acids is 1. The molecule has 1 aliphatic heterocycles. The van der Waals surface area contributed by atoms with Gasteiger partial charge in [0.1, 0.15) is 11.4 Å². The second-order valence-electron chi connectivity index (χ2n) is 10.3. The minimum atomic E-state index is -0.584. The maximum absolute atomic E-state index is 15.6. The standard InChI is InChI=1S/C30H36FN3O3/c1-2-3-14-34-21-24(29(36)32-30(12-8-5-9-13-30)22-10-6-4-7-11-22)28(35)27-25(31)19-23(20-26(27)34)33-15-17-37-18-16-33/h4,6-7,10-11,19-21H,2-3,5,8-9,12-18H2,1H3,(H,32,36). The summed E-state index contributed by atoms with van der Waals surface area (Å²) in [6, 6.07) is 13.3. The highest BCUT2D eigenvalue weighted by atomic mass is 19.1. The van der Waals surface area contributed by atoms with E-state index in [0.717, 1.165) is 56.2 Å². The first-order valence-corrected chi connectivity index (χ1v) is 13.6. The van der Waals surface area contributed by atoms with E-state index in [4.69, 9.17) is 4.74 Å². The van der Waals surface area contributed by atoms with Crippen molar-refractivity contribution < 1.29 is 13.9 Å². The lowest BCUT2D eigenvalue weighted by atomic mass is 9.76. The predicted octanol–water partition coefficient (Wildman–Crippen LogP) is 5.37. The molecule has 1 saturated heterocycles. The zero-order valence-electron chi connectivity index (χ0n) is 21.6. The van der Waals surface area contributed by atoms with Gasteiger partial charge in [-0.1, -0.05) is 62.9 Å². The number of pyridine rings is 1. The van der Waals surface area contributed by atoms with Gasteiger partial charge in [-0.25, -0.2) is 4.39 Å². The molecule has 3 aromatic rings. The number of nitrogens with zero attached hydrogens (tertiary/aromatic N) is 2. The Bertz CT molecular complexity index is 1310. The van der Waals surface area contributed by atoms with Crippen LogP contribution in [0.4, 0.5) is 10.1 Å². The number of hydrogen-bond donors (Lipinski definition) is 1. The highest BCUT2D eigenvalue weighted by Crippen LogP contribution is 2.37. The Labute approximate surface area is 217 Å². The van der Waals surface area contributed by atoms with E-state index < -0.39 is 22.7 Å². The zero-order chi connectivity index (χ0) is 25.8. The Morgan fingerprint density at radius 1 is 1.08 bits per heavy atom. The smallest absolute Gasteiger partial charge is 0.257 e. The molecule has 196 valence electrons. The first-order valence-electron chi connectivity index (χ1n) is 13.6. The summed E-state index contributed by atoms with van der Waals surface area (Å²) in [5.41, 5.74) is 1.25. The van der Waals surface area contributed by atoms with Crippen molar-refractivity contribution in [2.45, 2.75) is 64.0 Å². The molecule has 0 spiro atoms. The van der Waals surface area contributed by atoms with E-state index in [1.165, 1.54) is 6.07 Å². The lowest BCUT2D eigenvalue weighted by molar-refractivity contribution is 0.0864. The van der Waals surface area contributed by atoms with Gasteiger partial charge in [-0.3, -0.25) is 9.59 Å². The topological polar surface area (TPSA) is 63.6 Å². The van der Waals surface area contributed by atoms with Crippen molar-refractivity contribution in [1.29, 1.82) is 0 Å². The van der Waals surface area contributed by atoms with Crippen molar-refractivity contribution >= 4 is 22.5 Å². The molecular formula is C30H36FN3O3. The Balaban J connectivity index is 1.57. The monoisotopic (exact) mass is 505 g/mol. The number of morpholine rings is 1. The van der Waals surface area contributed by atoms with Gasteiger partial charge in [0.15, 0.2) is 0 Å². The van der Waals surface area contributed by atoms with E-state index >= 15 is 4.39 Å². The highest BCUT2D eigenvalue weighted by molar-refractivity contribution is 5.98. The van der Waals surface area contributed by atoms with Crippen molar-refractivity contribution in [3.63, 3.8) is 0 Å². The summed E-state index contributed by atoms with van der Waals surface area (Å²) in [6.45, 7) is 5.21. The number of fused-ring (bicyclic) bond motifs is 1. The second-order valence-corrected chi connectivity index (χ2v) is 10.3. The van der Waals surface area contributed by atoms with Gasteiger partial charge in [0.25, 0.3) is 5.91 Å². The van der Waals surface area contributed by atoms with Crippen LogP contribution in [0.1, 0.15) is 67.8 Å². The lowest BCUT2D eigenvalue weighted by Crippen LogP contribution is -2.48. The van der Waals surface area contributed by atoms with Crippen molar-refractivity contribution in [3.05, 3.63) is 75.8 Å². The SMILES string of the molecule is CCCCn1cc(C(=O)NC2(c3ccccc3)CCCCC2)c(=O)c2c(F)cc(N3CCOCC3)cc21. The predicted molar refractivity (Wildman–Crippen MR) is 145 cm³/mol. The molecule has 5 rings (SSSR count). The van der Waals surface area contributed by atoms with Crippen LogP contribution in [-0.4, -0.2) is 36.8 Å². The lowest BCUT2D eigenvalue weighted by Gasteiger charge is -2.38. The van der Waals surface area contributed by atoms with Gasteiger partial charge in [0, 0.05) is 31.5 Å². The van der Waals surface area contributed by atoms with Crippen molar-refractivity contribution in [3.8, 4) is 0 Å². The number of aryl methyl sites for hydroxylation is 1. The van der Waals surface area contributed by atoms with Gasteiger partial charge in [0.05, 0.1) is 29.7 Å². The number of amides is 1. The van der Waals surface area contributed by atoms with Gasteiger partial charge >= 0.3 is 0 Å². The van der Waals surface area contributed by atoms with Crippen LogP contribution in [0.5, 0.6) is 0 Å². The van der Waals surface area contributed by atoms with Crippen molar-refractivity contribution in [2.75, 3.05) is 31.2 Å². The molecule has 7 heteroatoms. The molecule has 37 heavy (non-hydrogen) atoms. The number of unbranched alkanes of at least 4 members (excludes halogenated alkanes) is 1. The number of rotatable bonds is 7. The fourth-order valence-corrected chi connectivity index (χ4v) is 5.81. The molecule has 2 aromatic carbocycles. The van der Waals surface area contributed by atoms with Crippen LogP contribution >= 0.6 is 0 Å². The summed E-state index contributed by atoms with van der Waals surface area (Å²) >= 11 is 0. The number of halogens is 1. The number of benzene rings is 2. The van der Waals surface area contributed by atoms with E-state index in [1.807, 2.05) is 41.0 Å². The maximum Gasteiger partial charge on any atom is 0.257 e. The summed E-state index contributed by atoms with van der Waals surface area (Å²) in [6.07, 6.45) is 8.21. The van der Waals surface area contributed by atoms with E-state index in [9.17, 15) is 9.59 Å². The molecule has 6 nitrogen and oxygen atoms in total. The third kappa shape index (κ3) is 5.14. The van der Waals surface area contributed by atoms with Crippen LogP contribution in [0.15, 0.2) is 53.5 Å². The third-order valence-electron chi connectivity index (χ3n) is 7.88. The second kappa shape index (κ2) is 11.1. The van der Waals surface area contributed by atoms with Gasteiger partial charge in [-0.15, -0.1) is 0 Å². The molecule has 0 atom stereocenters. The largest absolute Gasteiger partial charge is 0.378 e. The number of ether oxygens (including phenoxy) is 1. The normalized spacial score (nSPS) is 17.6. The molecule has 2 aliphatic rings. The van der Waals surface area contributed by atoms with Crippen LogP contribution < -0.4 is 15.6 Å². The first-order chi connectivity index (χ1) is 18.0. The summed E-state index contributed by atoms with van der Waals surface area (Å²) in [5.74, 6) is -1.01. The molecule has 0 unspecified atom stereocenters. The molecular weight excluding hydrogens is 469 g/mol. The zero-order valence-corrected chi connectivity index (χ0v) is 21.6. The van der Waals surface area contributed by atoms with E-state index in [-0.39, 0.29) is 10.9 Å². The summed E-state index contributed by atoms with van der Waals surface area (Å²) in [7, 11) is 0.